The van der Waals surface area contributed by atoms with Crippen molar-refractivity contribution in [1.82, 2.24) is 25.4 Å². The Balaban J connectivity index is 1.58. The number of benzene rings is 1. The summed E-state index contributed by atoms with van der Waals surface area (Å²) in [5.74, 6) is 1.84. The van der Waals surface area contributed by atoms with E-state index in [-0.39, 0.29) is 17.5 Å². The molecule has 4 rings (SSSR count). The number of nitrogens with one attached hydrogen (secondary N) is 3. The van der Waals surface area contributed by atoms with E-state index in [1.807, 2.05) is 32.0 Å². The smallest absolute Gasteiger partial charge is 0.276 e. The van der Waals surface area contributed by atoms with E-state index in [9.17, 15) is 4.79 Å². The number of nitrogens with zero attached hydrogens (tertiary/aromatic N) is 3. The number of aromatic nitrogens is 5. The Kier molecular flexibility index (Phi) is 4.29. The normalized spacial score (nSPS) is 11.1. The molecule has 1 aromatic carbocycles. The lowest BCUT2D eigenvalue weighted by molar-refractivity contribution is 0.102. The van der Waals surface area contributed by atoms with Crippen molar-refractivity contribution >= 4 is 11.6 Å². The molecule has 0 fully saturated rings. The largest absolute Gasteiger partial charge is 0.463 e. The van der Waals surface area contributed by atoms with E-state index in [0.29, 0.717) is 23.0 Å². The van der Waals surface area contributed by atoms with Gasteiger partial charge in [0.15, 0.2) is 17.3 Å². The van der Waals surface area contributed by atoms with Crippen LogP contribution in [0.15, 0.2) is 53.1 Å². The molecule has 0 aliphatic rings. The van der Waals surface area contributed by atoms with Gasteiger partial charge in [-0.3, -0.25) is 15.0 Å². The van der Waals surface area contributed by atoms with Crippen molar-refractivity contribution in [3.63, 3.8) is 0 Å². The van der Waals surface area contributed by atoms with Gasteiger partial charge in [0.2, 0.25) is 0 Å². The highest BCUT2D eigenvalue weighted by Crippen LogP contribution is 2.26. The summed E-state index contributed by atoms with van der Waals surface area (Å²) in [7, 11) is 0. The molecule has 0 bridgehead atoms. The second-order valence-electron chi connectivity index (χ2n) is 6.34. The molecule has 0 unspecified atom stereocenters. The molecule has 3 heterocycles. The summed E-state index contributed by atoms with van der Waals surface area (Å²) in [6, 6.07) is 12.6. The SMILES string of the molecule is CC(C)c1nc(-c2ccccc2NC(=O)c2cc(-c3ccco3)[nH]n2)n[nH]1. The van der Waals surface area contributed by atoms with Crippen molar-refractivity contribution in [1.29, 1.82) is 0 Å². The predicted molar refractivity (Wildman–Crippen MR) is 100 cm³/mol. The van der Waals surface area contributed by atoms with Gasteiger partial charge in [-0.25, -0.2) is 4.98 Å². The van der Waals surface area contributed by atoms with E-state index in [2.05, 4.69) is 30.7 Å². The Morgan fingerprint density at radius 3 is 2.70 bits per heavy atom. The molecule has 1 amide bonds. The molecule has 0 radical (unpaired) electrons. The molecule has 0 aliphatic carbocycles. The molecule has 0 saturated carbocycles. The first-order valence-corrected chi connectivity index (χ1v) is 8.54. The number of para-hydroxylation sites is 1. The Hall–Kier alpha value is -3.68. The summed E-state index contributed by atoms with van der Waals surface area (Å²) >= 11 is 0. The van der Waals surface area contributed by atoms with Crippen LogP contribution in [-0.2, 0) is 0 Å². The van der Waals surface area contributed by atoms with Gasteiger partial charge in [0, 0.05) is 17.5 Å². The first kappa shape index (κ1) is 16.8. The van der Waals surface area contributed by atoms with Gasteiger partial charge in [-0.05, 0) is 24.3 Å². The Bertz CT molecular complexity index is 1060. The fourth-order valence-electron chi connectivity index (χ4n) is 2.62. The average molecular weight is 362 g/mol. The van der Waals surface area contributed by atoms with E-state index in [1.165, 1.54) is 0 Å². The van der Waals surface area contributed by atoms with Gasteiger partial charge in [-0.1, -0.05) is 26.0 Å². The van der Waals surface area contributed by atoms with Crippen molar-refractivity contribution in [3.8, 4) is 22.8 Å². The first-order chi connectivity index (χ1) is 13.1. The number of aromatic amines is 2. The van der Waals surface area contributed by atoms with Crippen LogP contribution < -0.4 is 5.32 Å². The second kappa shape index (κ2) is 6.91. The lowest BCUT2D eigenvalue weighted by Gasteiger charge is -2.07. The summed E-state index contributed by atoms with van der Waals surface area (Å²) < 4.78 is 5.31. The van der Waals surface area contributed by atoms with E-state index >= 15 is 0 Å². The minimum absolute atomic E-state index is 0.233. The van der Waals surface area contributed by atoms with Crippen LogP contribution in [-0.4, -0.2) is 31.3 Å². The van der Waals surface area contributed by atoms with Crippen LogP contribution in [0, 0.1) is 0 Å². The highest BCUT2D eigenvalue weighted by molar-refractivity contribution is 6.05. The molecule has 0 saturated heterocycles. The standard InChI is InChI=1S/C19H18N6O2/c1-11(2)17-21-18(25-24-17)12-6-3-4-7-13(12)20-19(26)15-10-14(22-23-15)16-8-5-9-27-16/h3-11H,1-2H3,(H,20,26)(H,22,23)(H,21,24,25). The third-order valence-corrected chi connectivity index (χ3v) is 4.06. The maximum atomic E-state index is 12.6. The summed E-state index contributed by atoms with van der Waals surface area (Å²) in [5, 5.41) is 16.9. The molecule has 8 heteroatoms. The molecule has 0 spiro atoms. The monoisotopic (exact) mass is 362 g/mol. The molecular weight excluding hydrogens is 344 g/mol. The van der Waals surface area contributed by atoms with Gasteiger partial charge in [0.1, 0.15) is 11.5 Å². The van der Waals surface area contributed by atoms with Crippen LogP contribution in [0.2, 0.25) is 0 Å². The molecule has 4 aromatic rings. The van der Waals surface area contributed by atoms with Gasteiger partial charge in [0.25, 0.3) is 5.91 Å². The number of anilines is 1. The zero-order valence-corrected chi connectivity index (χ0v) is 14.9. The van der Waals surface area contributed by atoms with E-state index < -0.39 is 0 Å². The summed E-state index contributed by atoms with van der Waals surface area (Å²) in [6.07, 6.45) is 1.56. The van der Waals surface area contributed by atoms with Crippen molar-refractivity contribution in [2.24, 2.45) is 0 Å². The van der Waals surface area contributed by atoms with Crippen LogP contribution in [0.4, 0.5) is 5.69 Å². The average Bonchev–Trinajstić information content (AvgIpc) is 3.42. The number of H-pyrrole nitrogens is 2. The third-order valence-electron chi connectivity index (χ3n) is 4.06. The quantitative estimate of drug-likeness (QED) is 0.499. The molecule has 136 valence electrons. The number of hydrogen-bond acceptors (Lipinski definition) is 5. The highest BCUT2D eigenvalue weighted by atomic mass is 16.3. The number of rotatable bonds is 5. The molecule has 3 aromatic heterocycles. The number of amides is 1. The summed E-state index contributed by atoms with van der Waals surface area (Å²) in [5.41, 5.74) is 2.23. The zero-order valence-electron chi connectivity index (χ0n) is 14.9. The van der Waals surface area contributed by atoms with Gasteiger partial charge in [0.05, 0.1) is 12.0 Å². The van der Waals surface area contributed by atoms with Crippen molar-refractivity contribution < 1.29 is 9.21 Å². The van der Waals surface area contributed by atoms with Gasteiger partial charge in [-0.15, -0.1) is 0 Å². The Labute approximate surface area is 155 Å². The molecule has 0 aliphatic heterocycles. The molecule has 3 N–H and O–H groups in total. The summed E-state index contributed by atoms with van der Waals surface area (Å²) in [4.78, 5) is 17.1. The fourth-order valence-corrected chi connectivity index (χ4v) is 2.62. The Morgan fingerprint density at radius 2 is 1.96 bits per heavy atom. The number of carbonyl (C=O) groups is 1. The van der Waals surface area contributed by atoms with Crippen LogP contribution in [0.25, 0.3) is 22.8 Å². The number of carbonyl (C=O) groups excluding carboxylic acids is 1. The molecule has 8 nitrogen and oxygen atoms in total. The maximum Gasteiger partial charge on any atom is 0.276 e. The van der Waals surface area contributed by atoms with Gasteiger partial charge >= 0.3 is 0 Å². The van der Waals surface area contributed by atoms with Crippen molar-refractivity contribution in [2.45, 2.75) is 19.8 Å². The second-order valence-corrected chi connectivity index (χ2v) is 6.34. The minimum atomic E-state index is -0.337. The lowest BCUT2D eigenvalue weighted by Crippen LogP contribution is -2.13. The zero-order chi connectivity index (χ0) is 18.8. The number of hydrogen-bond donors (Lipinski definition) is 3. The van der Waals surface area contributed by atoms with Crippen LogP contribution in [0.5, 0.6) is 0 Å². The maximum absolute atomic E-state index is 12.6. The molecule has 0 atom stereocenters. The van der Waals surface area contributed by atoms with Crippen molar-refractivity contribution in [3.05, 3.63) is 60.2 Å². The minimum Gasteiger partial charge on any atom is -0.463 e. The fraction of sp³-hybridized carbons (Fsp3) is 0.158. The topological polar surface area (TPSA) is 112 Å². The van der Waals surface area contributed by atoms with Crippen molar-refractivity contribution in [2.75, 3.05) is 5.32 Å². The third kappa shape index (κ3) is 3.37. The number of furan rings is 1. The summed E-state index contributed by atoms with van der Waals surface area (Å²) in [6.45, 7) is 4.07. The highest BCUT2D eigenvalue weighted by Gasteiger charge is 2.17. The first-order valence-electron chi connectivity index (χ1n) is 8.54. The van der Waals surface area contributed by atoms with E-state index in [4.69, 9.17) is 4.42 Å². The predicted octanol–water partition coefficient (Wildman–Crippen LogP) is 3.83. The van der Waals surface area contributed by atoms with Crippen LogP contribution >= 0.6 is 0 Å². The lowest BCUT2D eigenvalue weighted by atomic mass is 10.1. The van der Waals surface area contributed by atoms with Crippen LogP contribution in [0.1, 0.15) is 36.1 Å². The molecular formula is C19H18N6O2. The van der Waals surface area contributed by atoms with Gasteiger partial charge < -0.3 is 9.73 Å². The van der Waals surface area contributed by atoms with Gasteiger partial charge in [-0.2, -0.15) is 10.2 Å². The van der Waals surface area contributed by atoms with Crippen LogP contribution in [0.3, 0.4) is 0 Å². The Morgan fingerprint density at radius 1 is 1.11 bits per heavy atom. The molecule has 27 heavy (non-hydrogen) atoms. The van der Waals surface area contributed by atoms with E-state index in [1.54, 1.807) is 30.5 Å². The van der Waals surface area contributed by atoms with E-state index in [0.717, 1.165) is 11.4 Å².